The van der Waals surface area contributed by atoms with Gasteiger partial charge >= 0.3 is 7.12 Å². The van der Waals surface area contributed by atoms with Crippen LogP contribution in [0.5, 0.6) is 0 Å². The van der Waals surface area contributed by atoms with Gasteiger partial charge in [0, 0.05) is 26.8 Å². The van der Waals surface area contributed by atoms with E-state index in [1.807, 2.05) is 40.7 Å². The lowest BCUT2D eigenvalue weighted by Gasteiger charge is -2.32. The summed E-state index contributed by atoms with van der Waals surface area (Å²) in [7, 11) is -4.50. The van der Waals surface area contributed by atoms with Crippen LogP contribution in [0.1, 0.15) is 33.3 Å². The van der Waals surface area contributed by atoms with Crippen LogP contribution in [0.3, 0.4) is 0 Å². The Kier molecular flexibility index (Phi) is 4.88. The first-order valence-corrected chi connectivity index (χ1v) is 11.8. The van der Waals surface area contributed by atoms with Gasteiger partial charge in [0.1, 0.15) is 0 Å². The summed E-state index contributed by atoms with van der Waals surface area (Å²) in [5.41, 5.74) is 0.942. The van der Waals surface area contributed by atoms with Crippen molar-refractivity contribution in [2.24, 2.45) is 0 Å². The number of nitrogens with zero attached hydrogens (tertiary/aromatic N) is 2. The molecule has 1 aliphatic heterocycles. The van der Waals surface area contributed by atoms with Crippen molar-refractivity contribution in [2.45, 2.75) is 50.7 Å². The zero-order valence-corrected chi connectivity index (χ0v) is 19.9. The molecule has 0 N–H and O–H groups in total. The molecular weight excluding hydrogens is 502 g/mol. The predicted molar refractivity (Wildman–Crippen MR) is 122 cm³/mol. The molecular formula is C20H22BIN2O4S. The normalized spacial score (nSPS) is 18.5. The van der Waals surface area contributed by atoms with E-state index in [1.165, 1.54) is 3.97 Å². The molecule has 1 saturated heterocycles. The Morgan fingerprint density at radius 3 is 2.24 bits per heavy atom. The van der Waals surface area contributed by atoms with Crippen molar-refractivity contribution in [3.8, 4) is 0 Å². The number of hydrogen-bond donors (Lipinski definition) is 0. The second-order valence-corrected chi connectivity index (χ2v) is 11.4. The summed E-state index contributed by atoms with van der Waals surface area (Å²) in [6, 6.07) is 8.69. The maximum atomic E-state index is 13.4. The number of hydrogen-bond acceptors (Lipinski definition) is 5. The standard InChI is InChI=1S/C20H22BIN2O4S/c1-13-6-8-15(9-7-13)29(25,26)24-12-17(16-10-14(22)11-23-18(16)24)21-27-19(2,3)20(4,5)28-21/h6-12H,1-5H3. The van der Waals surface area contributed by atoms with Crippen molar-refractivity contribution in [1.29, 1.82) is 0 Å². The van der Waals surface area contributed by atoms with Crippen LogP contribution in [-0.4, -0.2) is 35.7 Å². The quantitative estimate of drug-likeness (QED) is 0.388. The molecule has 3 heterocycles. The number of pyridine rings is 1. The fourth-order valence-electron chi connectivity index (χ4n) is 3.24. The van der Waals surface area contributed by atoms with Crippen LogP contribution in [0.4, 0.5) is 0 Å². The van der Waals surface area contributed by atoms with E-state index in [0.717, 1.165) is 9.13 Å². The molecule has 0 spiro atoms. The molecule has 0 amide bonds. The Balaban J connectivity index is 1.91. The van der Waals surface area contributed by atoms with Crippen LogP contribution in [0.25, 0.3) is 11.0 Å². The monoisotopic (exact) mass is 524 g/mol. The van der Waals surface area contributed by atoms with E-state index < -0.39 is 28.3 Å². The molecule has 152 valence electrons. The van der Waals surface area contributed by atoms with E-state index in [4.69, 9.17) is 9.31 Å². The highest BCUT2D eigenvalue weighted by Gasteiger charge is 2.52. The largest absolute Gasteiger partial charge is 0.497 e. The molecule has 1 aliphatic rings. The van der Waals surface area contributed by atoms with Crippen LogP contribution < -0.4 is 5.46 Å². The Morgan fingerprint density at radius 2 is 1.66 bits per heavy atom. The molecule has 29 heavy (non-hydrogen) atoms. The average molecular weight is 524 g/mol. The molecule has 0 bridgehead atoms. The molecule has 0 saturated carbocycles. The summed E-state index contributed by atoms with van der Waals surface area (Å²) in [6.45, 7) is 9.80. The van der Waals surface area contributed by atoms with Gasteiger partial charge in [-0.15, -0.1) is 0 Å². The van der Waals surface area contributed by atoms with Crippen LogP contribution in [-0.2, 0) is 19.3 Å². The number of fused-ring (bicyclic) bond motifs is 1. The minimum Gasteiger partial charge on any atom is -0.399 e. The summed E-state index contributed by atoms with van der Waals surface area (Å²) < 4.78 is 41.2. The fraction of sp³-hybridized carbons (Fsp3) is 0.350. The molecule has 1 fully saturated rings. The summed E-state index contributed by atoms with van der Waals surface area (Å²) in [5.74, 6) is 0. The van der Waals surface area contributed by atoms with Crippen LogP contribution in [0.15, 0.2) is 47.6 Å². The van der Waals surface area contributed by atoms with Gasteiger partial charge in [-0.3, -0.25) is 0 Å². The van der Waals surface area contributed by atoms with E-state index in [0.29, 0.717) is 16.5 Å². The molecule has 6 nitrogen and oxygen atoms in total. The average Bonchev–Trinajstić information content (AvgIpc) is 3.09. The number of aryl methyl sites for hydroxylation is 1. The van der Waals surface area contributed by atoms with Crippen molar-refractivity contribution < 1.29 is 17.7 Å². The van der Waals surface area contributed by atoms with Crippen LogP contribution >= 0.6 is 22.6 Å². The van der Waals surface area contributed by atoms with Crippen molar-refractivity contribution in [1.82, 2.24) is 8.96 Å². The summed E-state index contributed by atoms with van der Waals surface area (Å²) in [6.07, 6.45) is 3.23. The Labute approximate surface area is 185 Å². The van der Waals surface area contributed by atoms with Gasteiger partial charge < -0.3 is 9.31 Å². The molecule has 1 aromatic carbocycles. The number of benzene rings is 1. The van der Waals surface area contributed by atoms with Crippen molar-refractivity contribution in [3.05, 3.63) is 51.9 Å². The number of halogens is 1. The minimum absolute atomic E-state index is 0.209. The first-order chi connectivity index (χ1) is 13.4. The molecule has 0 aliphatic carbocycles. The summed E-state index contributed by atoms with van der Waals surface area (Å²) >= 11 is 2.16. The van der Waals surface area contributed by atoms with Crippen molar-refractivity contribution >= 4 is 56.2 Å². The first-order valence-electron chi connectivity index (χ1n) is 9.27. The summed E-state index contributed by atoms with van der Waals surface area (Å²) in [5, 5.41) is 0.700. The maximum absolute atomic E-state index is 13.4. The second-order valence-electron chi connectivity index (χ2n) is 8.31. The van der Waals surface area contributed by atoms with Crippen molar-refractivity contribution in [3.63, 3.8) is 0 Å². The van der Waals surface area contributed by atoms with Gasteiger partial charge in [-0.25, -0.2) is 17.4 Å². The molecule has 3 aromatic rings. The second kappa shape index (κ2) is 6.80. The van der Waals surface area contributed by atoms with E-state index in [1.54, 1.807) is 36.7 Å². The SMILES string of the molecule is Cc1ccc(S(=O)(=O)n2cc(B3OC(C)(C)C(C)(C)O3)c3cc(I)cnc32)cc1. The topological polar surface area (TPSA) is 70.4 Å². The molecule has 9 heteroatoms. The third-order valence-electron chi connectivity index (χ3n) is 5.69. The lowest BCUT2D eigenvalue weighted by molar-refractivity contribution is 0.00578. The van der Waals surface area contributed by atoms with Gasteiger partial charge in [-0.1, -0.05) is 17.7 Å². The summed E-state index contributed by atoms with van der Waals surface area (Å²) in [4.78, 5) is 4.63. The van der Waals surface area contributed by atoms with Crippen LogP contribution in [0.2, 0.25) is 0 Å². The van der Waals surface area contributed by atoms with Gasteiger partial charge in [0.05, 0.1) is 16.1 Å². The highest BCUT2D eigenvalue weighted by Crippen LogP contribution is 2.37. The first kappa shape index (κ1) is 20.8. The Bertz CT molecular complexity index is 1190. The number of rotatable bonds is 3. The van der Waals surface area contributed by atoms with Crippen molar-refractivity contribution in [2.75, 3.05) is 0 Å². The highest BCUT2D eigenvalue weighted by molar-refractivity contribution is 14.1. The van der Waals surface area contributed by atoms with Gasteiger partial charge in [-0.2, -0.15) is 0 Å². The zero-order valence-electron chi connectivity index (χ0n) is 16.9. The minimum atomic E-state index is -3.82. The molecule has 2 aromatic heterocycles. The Morgan fingerprint density at radius 1 is 1.07 bits per heavy atom. The number of aromatic nitrogens is 2. The van der Waals surface area contributed by atoms with E-state index in [9.17, 15) is 8.42 Å². The van der Waals surface area contributed by atoms with E-state index >= 15 is 0 Å². The van der Waals surface area contributed by atoms with Gasteiger partial charge in [0.15, 0.2) is 5.65 Å². The predicted octanol–water partition coefficient (Wildman–Crippen LogP) is 3.49. The highest BCUT2D eigenvalue weighted by atomic mass is 127. The van der Waals surface area contributed by atoms with Crippen LogP contribution in [0, 0.1) is 10.5 Å². The molecule has 0 atom stereocenters. The fourth-order valence-corrected chi connectivity index (χ4v) is 5.03. The molecule has 0 radical (unpaired) electrons. The third-order valence-corrected chi connectivity index (χ3v) is 7.95. The molecule has 0 unspecified atom stereocenters. The lowest BCUT2D eigenvalue weighted by Crippen LogP contribution is -2.41. The zero-order chi connectivity index (χ0) is 21.2. The van der Waals surface area contributed by atoms with Gasteiger partial charge in [0.2, 0.25) is 0 Å². The van der Waals surface area contributed by atoms with E-state index in [2.05, 4.69) is 27.6 Å². The van der Waals surface area contributed by atoms with E-state index in [-0.39, 0.29) is 4.90 Å². The van der Waals surface area contributed by atoms with Gasteiger partial charge in [-0.05, 0) is 75.4 Å². The third kappa shape index (κ3) is 3.41. The molecule has 4 rings (SSSR count). The van der Waals surface area contributed by atoms with Gasteiger partial charge in [0.25, 0.3) is 10.0 Å². The smallest absolute Gasteiger partial charge is 0.399 e. The Hall–Kier alpha value is -1.43. The lowest BCUT2D eigenvalue weighted by atomic mass is 9.79. The maximum Gasteiger partial charge on any atom is 0.497 e.